The van der Waals surface area contributed by atoms with Gasteiger partial charge >= 0.3 is 12.0 Å². The number of hydrogen-bond acceptors (Lipinski definition) is 4. The molecule has 82 valence electrons. The number of amides is 3. The van der Waals surface area contributed by atoms with Gasteiger partial charge in [0.15, 0.2) is 0 Å². The van der Waals surface area contributed by atoms with Gasteiger partial charge in [-0.05, 0) is 19.3 Å². The van der Waals surface area contributed by atoms with Gasteiger partial charge in [0.25, 0.3) is 5.91 Å². The number of rotatable bonds is 1. The molecule has 3 amide bonds. The maximum Gasteiger partial charge on any atom is 0.322 e. The van der Waals surface area contributed by atoms with Gasteiger partial charge in [0.2, 0.25) is 0 Å². The lowest BCUT2D eigenvalue weighted by atomic mass is 9.96. The molecule has 6 nitrogen and oxygen atoms in total. The van der Waals surface area contributed by atoms with E-state index in [-0.39, 0.29) is 17.8 Å². The van der Waals surface area contributed by atoms with Crippen LogP contribution in [0.4, 0.5) is 4.79 Å². The molecular formula is C9H12N2O4. The van der Waals surface area contributed by atoms with E-state index in [4.69, 9.17) is 0 Å². The number of hydrogen-bond donors (Lipinski definition) is 2. The summed E-state index contributed by atoms with van der Waals surface area (Å²) in [5.74, 6) is -0.945. The van der Waals surface area contributed by atoms with Crippen LogP contribution in [0.3, 0.4) is 0 Å². The van der Waals surface area contributed by atoms with E-state index in [0.29, 0.717) is 19.3 Å². The zero-order valence-corrected chi connectivity index (χ0v) is 8.33. The van der Waals surface area contributed by atoms with Gasteiger partial charge in [-0.1, -0.05) is 0 Å². The molecule has 1 aliphatic carbocycles. The predicted molar refractivity (Wildman–Crippen MR) is 48.8 cm³/mol. The van der Waals surface area contributed by atoms with Crippen LogP contribution in [-0.2, 0) is 14.3 Å². The van der Waals surface area contributed by atoms with Crippen molar-refractivity contribution < 1.29 is 19.1 Å². The average molecular weight is 212 g/mol. The van der Waals surface area contributed by atoms with Gasteiger partial charge in [0.1, 0.15) is 5.54 Å². The quantitative estimate of drug-likeness (QED) is 0.455. The highest BCUT2D eigenvalue weighted by Crippen LogP contribution is 2.37. The smallest absolute Gasteiger partial charge is 0.322 e. The maximum atomic E-state index is 11.5. The maximum absolute atomic E-state index is 11.5. The van der Waals surface area contributed by atoms with Gasteiger partial charge < -0.3 is 10.1 Å². The van der Waals surface area contributed by atoms with Gasteiger partial charge in [0.05, 0.1) is 13.0 Å². The highest BCUT2D eigenvalue weighted by Gasteiger charge is 2.52. The summed E-state index contributed by atoms with van der Waals surface area (Å²) in [7, 11) is 1.32. The third kappa shape index (κ3) is 1.45. The predicted octanol–water partition coefficient (Wildman–Crippen LogP) is -0.462. The van der Waals surface area contributed by atoms with E-state index in [1.807, 2.05) is 0 Å². The summed E-state index contributed by atoms with van der Waals surface area (Å²) >= 11 is 0. The minimum atomic E-state index is -0.879. The molecule has 1 saturated heterocycles. The second-order valence-electron chi connectivity index (χ2n) is 3.95. The van der Waals surface area contributed by atoms with Crippen molar-refractivity contribution in [2.75, 3.05) is 7.11 Å². The monoisotopic (exact) mass is 212 g/mol. The minimum Gasteiger partial charge on any atom is -0.469 e. The van der Waals surface area contributed by atoms with Crippen LogP contribution in [-0.4, -0.2) is 30.6 Å². The lowest BCUT2D eigenvalue weighted by molar-refractivity contribution is -0.145. The van der Waals surface area contributed by atoms with E-state index in [0.717, 1.165) is 0 Å². The van der Waals surface area contributed by atoms with Crippen molar-refractivity contribution in [1.29, 1.82) is 0 Å². The molecule has 0 bridgehead atoms. The van der Waals surface area contributed by atoms with Crippen LogP contribution in [0.1, 0.15) is 19.3 Å². The number of nitrogens with one attached hydrogen (secondary N) is 2. The SMILES string of the molecule is COC(=O)[C@H]1CC[C@@]2(C1)NC(=O)NC2=O. The van der Waals surface area contributed by atoms with Gasteiger partial charge in [-0.3, -0.25) is 14.9 Å². The zero-order chi connectivity index (χ0) is 11.1. The summed E-state index contributed by atoms with van der Waals surface area (Å²) in [6, 6.07) is -0.481. The van der Waals surface area contributed by atoms with Gasteiger partial charge in [-0.15, -0.1) is 0 Å². The third-order valence-electron chi connectivity index (χ3n) is 3.06. The van der Waals surface area contributed by atoms with Gasteiger partial charge in [-0.25, -0.2) is 4.79 Å². The number of methoxy groups -OCH3 is 1. The Labute approximate surface area is 86.3 Å². The van der Waals surface area contributed by atoms with Crippen molar-refractivity contribution in [3.63, 3.8) is 0 Å². The number of carbonyl (C=O) groups is 3. The third-order valence-corrected chi connectivity index (χ3v) is 3.06. The molecule has 0 radical (unpaired) electrons. The molecule has 1 saturated carbocycles. The fourth-order valence-corrected chi connectivity index (χ4v) is 2.26. The van der Waals surface area contributed by atoms with E-state index in [1.54, 1.807) is 0 Å². The lowest BCUT2D eigenvalue weighted by Gasteiger charge is -2.18. The van der Waals surface area contributed by atoms with Crippen LogP contribution in [0, 0.1) is 5.92 Å². The summed E-state index contributed by atoms with van der Waals surface area (Å²) in [6.45, 7) is 0. The summed E-state index contributed by atoms with van der Waals surface area (Å²) in [5, 5.41) is 4.77. The first-order valence-corrected chi connectivity index (χ1v) is 4.79. The van der Waals surface area contributed by atoms with E-state index < -0.39 is 11.6 Å². The number of imide groups is 1. The molecule has 6 heteroatoms. The molecule has 2 fully saturated rings. The fraction of sp³-hybridized carbons (Fsp3) is 0.667. The van der Waals surface area contributed by atoms with Crippen LogP contribution < -0.4 is 10.6 Å². The molecule has 0 aromatic rings. The standard InChI is InChI=1S/C9H12N2O4/c1-15-6(12)5-2-3-9(4-5)7(13)10-8(14)11-9/h5H,2-4H2,1H3,(H2,10,11,13,14)/t5-,9-/m0/s1. The van der Waals surface area contributed by atoms with E-state index >= 15 is 0 Å². The summed E-state index contributed by atoms with van der Waals surface area (Å²) in [6.07, 6.45) is 1.39. The zero-order valence-electron chi connectivity index (χ0n) is 8.33. The van der Waals surface area contributed by atoms with E-state index in [2.05, 4.69) is 15.4 Å². The summed E-state index contributed by atoms with van der Waals surface area (Å²) in [5.41, 5.74) is -0.879. The van der Waals surface area contributed by atoms with Crippen molar-refractivity contribution >= 4 is 17.9 Å². The lowest BCUT2D eigenvalue weighted by Crippen LogP contribution is -2.44. The molecule has 1 aliphatic heterocycles. The second kappa shape index (κ2) is 3.22. The van der Waals surface area contributed by atoms with Crippen LogP contribution in [0.2, 0.25) is 0 Å². The number of urea groups is 1. The Kier molecular flexibility index (Phi) is 2.13. The normalized spacial score (nSPS) is 34.1. The molecular weight excluding hydrogens is 200 g/mol. The highest BCUT2D eigenvalue weighted by molar-refractivity contribution is 6.07. The first-order chi connectivity index (χ1) is 7.07. The Hall–Kier alpha value is -1.59. The molecule has 0 aromatic carbocycles. The van der Waals surface area contributed by atoms with Gasteiger partial charge in [-0.2, -0.15) is 0 Å². The Morgan fingerprint density at radius 3 is 2.80 bits per heavy atom. The Morgan fingerprint density at radius 2 is 2.27 bits per heavy atom. The van der Waals surface area contributed by atoms with E-state index in [9.17, 15) is 14.4 Å². The van der Waals surface area contributed by atoms with Crippen molar-refractivity contribution in [1.82, 2.24) is 10.6 Å². The Morgan fingerprint density at radius 1 is 1.53 bits per heavy atom. The highest BCUT2D eigenvalue weighted by atomic mass is 16.5. The van der Waals surface area contributed by atoms with Crippen molar-refractivity contribution in [3.05, 3.63) is 0 Å². The fourth-order valence-electron chi connectivity index (χ4n) is 2.26. The van der Waals surface area contributed by atoms with Crippen molar-refractivity contribution in [3.8, 4) is 0 Å². The Balaban J connectivity index is 2.12. The van der Waals surface area contributed by atoms with Crippen molar-refractivity contribution in [2.24, 2.45) is 5.92 Å². The molecule has 2 atom stereocenters. The van der Waals surface area contributed by atoms with Crippen molar-refractivity contribution in [2.45, 2.75) is 24.8 Å². The second-order valence-corrected chi connectivity index (χ2v) is 3.95. The summed E-state index contributed by atoms with van der Waals surface area (Å²) in [4.78, 5) is 33.8. The molecule has 2 N–H and O–H groups in total. The number of esters is 1. The molecule has 2 aliphatic rings. The van der Waals surface area contributed by atoms with E-state index in [1.165, 1.54) is 7.11 Å². The molecule has 0 unspecified atom stereocenters. The molecule has 0 aromatic heterocycles. The van der Waals surface area contributed by atoms with Gasteiger partial charge in [0, 0.05) is 0 Å². The Bertz CT molecular complexity index is 341. The topological polar surface area (TPSA) is 84.5 Å². The van der Waals surface area contributed by atoms with Crippen LogP contribution in [0.25, 0.3) is 0 Å². The van der Waals surface area contributed by atoms with Crippen LogP contribution in [0.15, 0.2) is 0 Å². The minimum absolute atomic E-state index is 0.292. The van der Waals surface area contributed by atoms with Crippen LogP contribution >= 0.6 is 0 Å². The molecule has 1 spiro atoms. The molecule has 15 heavy (non-hydrogen) atoms. The summed E-state index contributed by atoms with van der Waals surface area (Å²) < 4.78 is 4.62. The van der Waals surface area contributed by atoms with Crippen LogP contribution in [0.5, 0.6) is 0 Å². The molecule has 2 rings (SSSR count). The first kappa shape index (κ1) is 9.95. The number of carbonyl (C=O) groups excluding carboxylic acids is 3. The first-order valence-electron chi connectivity index (χ1n) is 4.79. The average Bonchev–Trinajstić information content (AvgIpc) is 2.72. The number of ether oxygens (including phenoxy) is 1. The largest absolute Gasteiger partial charge is 0.469 e. The molecule has 1 heterocycles.